The van der Waals surface area contributed by atoms with Crippen molar-refractivity contribution in [3.63, 3.8) is 0 Å². The molecule has 1 aromatic carbocycles. The number of hydrogen-bond acceptors (Lipinski definition) is 4. The third kappa shape index (κ3) is 2.59. The number of carboxylic acid groups (broad SMARTS) is 1. The van der Waals surface area contributed by atoms with Gasteiger partial charge in [-0.25, -0.2) is 4.79 Å². The zero-order valence-electron chi connectivity index (χ0n) is 10.0. The van der Waals surface area contributed by atoms with Gasteiger partial charge >= 0.3 is 11.7 Å². The molecule has 0 saturated heterocycles. The van der Waals surface area contributed by atoms with Crippen LogP contribution in [-0.4, -0.2) is 21.8 Å². The maximum atomic E-state index is 11.0. The number of hydrogen-bond donors (Lipinski definition) is 2. The normalized spacial score (nSPS) is 11.9. The Morgan fingerprint density at radius 1 is 1.50 bits per heavy atom. The summed E-state index contributed by atoms with van der Waals surface area (Å²) < 4.78 is 4.89. The van der Waals surface area contributed by atoms with Gasteiger partial charge in [0.05, 0.1) is 10.9 Å². The van der Waals surface area contributed by atoms with Crippen LogP contribution in [0.2, 0.25) is 0 Å². The van der Waals surface area contributed by atoms with Gasteiger partial charge in [0, 0.05) is 10.6 Å². The Balaban J connectivity index is 2.17. The van der Waals surface area contributed by atoms with Crippen LogP contribution in [0.25, 0.3) is 11.1 Å². The van der Waals surface area contributed by atoms with Gasteiger partial charge in [-0.1, -0.05) is 0 Å². The molecule has 0 aliphatic rings. The molecule has 0 spiro atoms. The molecule has 0 unspecified atom stereocenters. The number of fused-ring (bicyclic) bond motifs is 1. The van der Waals surface area contributed by atoms with E-state index in [1.165, 1.54) is 11.8 Å². The summed E-state index contributed by atoms with van der Waals surface area (Å²) in [7, 11) is 0. The van der Waals surface area contributed by atoms with Gasteiger partial charge in [0.2, 0.25) is 0 Å². The molecule has 0 fully saturated rings. The Morgan fingerprint density at radius 3 is 2.89 bits per heavy atom. The van der Waals surface area contributed by atoms with Crippen molar-refractivity contribution >= 4 is 28.8 Å². The van der Waals surface area contributed by atoms with Crippen LogP contribution in [0.3, 0.4) is 0 Å². The van der Waals surface area contributed by atoms with E-state index in [2.05, 4.69) is 4.98 Å². The van der Waals surface area contributed by atoms with E-state index in [9.17, 15) is 9.59 Å². The number of nitrogens with one attached hydrogen (secondary N) is 1. The summed E-state index contributed by atoms with van der Waals surface area (Å²) in [4.78, 5) is 25.4. The van der Waals surface area contributed by atoms with Crippen LogP contribution in [0.5, 0.6) is 0 Å². The van der Waals surface area contributed by atoms with E-state index < -0.39 is 17.1 Å². The minimum Gasteiger partial charge on any atom is -0.481 e. The summed E-state index contributed by atoms with van der Waals surface area (Å²) >= 11 is 1.44. The summed E-state index contributed by atoms with van der Waals surface area (Å²) in [6.07, 6.45) is 0. The molecule has 18 heavy (non-hydrogen) atoms. The Kier molecular flexibility index (Phi) is 3.21. The molecule has 2 rings (SSSR count). The number of aromatic nitrogens is 1. The van der Waals surface area contributed by atoms with Crippen molar-refractivity contribution in [2.75, 3.05) is 5.75 Å². The van der Waals surface area contributed by atoms with Crippen LogP contribution in [0.15, 0.2) is 32.3 Å². The first-order chi connectivity index (χ1) is 8.38. The molecule has 96 valence electrons. The number of aromatic amines is 1. The van der Waals surface area contributed by atoms with E-state index in [-0.39, 0.29) is 0 Å². The molecule has 1 aromatic heterocycles. The topological polar surface area (TPSA) is 83.3 Å². The molecule has 0 radical (unpaired) electrons. The molecule has 0 saturated carbocycles. The van der Waals surface area contributed by atoms with Crippen LogP contribution < -0.4 is 5.76 Å². The fourth-order valence-corrected chi connectivity index (χ4v) is 2.36. The minimum absolute atomic E-state index is 0.454. The monoisotopic (exact) mass is 267 g/mol. The Labute approximate surface area is 107 Å². The number of oxazole rings is 1. The third-order valence-electron chi connectivity index (χ3n) is 2.57. The number of H-pyrrole nitrogens is 1. The standard InChI is InChI=1S/C12H13NO4S/c1-12(2,10(14)15)6-18-7-3-4-9-8(5-7)13-11(16)17-9/h3-5H,6H2,1-2H3,(H,13,16)(H,14,15). The van der Waals surface area contributed by atoms with Crippen molar-refractivity contribution in [2.45, 2.75) is 18.7 Å². The number of benzene rings is 1. The lowest BCUT2D eigenvalue weighted by Gasteiger charge is -2.18. The van der Waals surface area contributed by atoms with Crippen molar-refractivity contribution in [3.05, 3.63) is 28.7 Å². The molecule has 0 aliphatic carbocycles. The summed E-state index contributed by atoms with van der Waals surface area (Å²) in [5, 5.41) is 9.02. The molecule has 0 bridgehead atoms. The second-order valence-corrected chi connectivity index (χ2v) is 5.70. The lowest BCUT2D eigenvalue weighted by molar-refractivity contribution is -0.145. The van der Waals surface area contributed by atoms with Gasteiger partial charge in [0.1, 0.15) is 0 Å². The van der Waals surface area contributed by atoms with Crippen LogP contribution in [0, 0.1) is 5.41 Å². The highest BCUT2D eigenvalue weighted by atomic mass is 32.2. The van der Waals surface area contributed by atoms with Crippen molar-refractivity contribution in [2.24, 2.45) is 5.41 Å². The largest absolute Gasteiger partial charge is 0.481 e. The van der Waals surface area contributed by atoms with E-state index in [1.54, 1.807) is 26.0 Å². The average molecular weight is 267 g/mol. The molecule has 5 nitrogen and oxygen atoms in total. The van der Waals surface area contributed by atoms with E-state index in [4.69, 9.17) is 9.52 Å². The number of rotatable bonds is 4. The molecule has 0 atom stereocenters. The summed E-state index contributed by atoms with van der Waals surface area (Å²) in [5.74, 6) is -0.860. The predicted molar refractivity (Wildman–Crippen MR) is 69.0 cm³/mol. The van der Waals surface area contributed by atoms with Gasteiger partial charge in [-0.05, 0) is 32.0 Å². The van der Waals surface area contributed by atoms with E-state index in [1.807, 2.05) is 6.07 Å². The average Bonchev–Trinajstić information content (AvgIpc) is 2.65. The lowest BCUT2D eigenvalue weighted by atomic mass is 9.97. The maximum Gasteiger partial charge on any atom is 0.417 e. The van der Waals surface area contributed by atoms with Crippen molar-refractivity contribution < 1.29 is 14.3 Å². The SMILES string of the molecule is CC(C)(CSc1ccc2oc(=O)[nH]c2c1)C(=O)O. The van der Waals surface area contributed by atoms with E-state index in [0.29, 0.717) is 16.9 Å². The quantitative estimate of drug-likeness (QED) is 0.831. The maximum absolute atomic E-state index is 11.0. The van der Waals surface area contributed by atoms with Crippen LogP contribution in [0.4, 0.5) is 0 Å². The van der Waals surface area contributed by atoms with E-state index in [0.717, 1.165) is 4.90 Å². The summed E-state index contributed by atoms with van der Waals surface area (Å²) in [6.45, 7) is 3.36. The highest BCUT2D eigenvalue weighted by Gasteiger charge is 2.27. The molecule has 1 heterocycles. The van der Waals surface area contributed by atoms with Crippen molar-refractivity contribution in [3.8, 4) is 0 Å². The Bertz CT molecular complexity index is 641. The first kappa shape index (κ1) is 12.8. The molecular weight excluding hydrogens is 254 g/mol. The Morgan fingerprint density at radius 2 is 2.22 bits per heavy atom. The van der Waals surface area contributed by atoms with Gasteiger partial charge < -0.3 is 9.52 Å². The van der Waals surface area contributed by atoms with Gasteiger partial charge in [-0.2, -0.15) is 0 Å². The van der Waals surface area contributed by atoms with Crippen molar-refractivity contribution in [1.82, 2.24) is 4.98 Å². The number of thioether (sulfide) groups is 1. The first-order valence-electron chi connectivity index (χ1n) is 5.37. The number of carboxylic acids is 1. The fourth-order valence-electron chi connectivity index (χ4n) is 1.35. The van der Waals surface area contributed by atoms with Crippen LogP contribution >= 0.6 is 11.8 Å². The van der Waals surface area contributed by atoms with E-state index >= 15 is 0 Å². The lowest BCUT2D eigenvalue weighted by Crippen LogP contribution is -2.26. The molecule has 0 aliphatic heterocycles. The highest BCUT2D eigenvalue weighted by Crippen LogP contribution is 2.29. The molecule has 2 N–H and O–H groups in total. The Hall–Kier alpha value is -1.69. The van der Waals surface area contributed by atoms with Gasteiger partial charge in [-0.15, -0.1) is 11.8 Å². The summed E-state index contributed by atoms with van der Waals surface area (Å²) in [6, 6.07) is 5.29. The van der Waals surface area contributed by atoms with Crippen LogP contribution in [0.1, 0.15) is 13.8 Å². The summed E-state index contributed by atoms with van der Waals surface area (Å²) in [5.41, 5.74) is 0.337. The second-order valence-electron chi connectivity index (χ2n) is 4.65. The third-order valence-corrected chi connectivity index (χ3v) is 4.02. The smallest absolute Gasteiger partial charge is 0.417 e. The fraction of sp³-hybridized carbons (Fsp3) is 0.333. The number of aliphatic carboxylic acids is 1. The van der Waals surface area contributed by atoms with Crippen LogP contribution in [-0.2, 0) is 4.79 Å². The highest BCUT2D eigenvalue weighted by molar-refractivity contribution is 7.99. The second kappa shape index (κ2) is 4.53. The van der Waals surface area contributed by atoms with Gasteiger partial charge in [0.25, 0.3) is 0 Å². The molecule has 2 aromatic rings. The zero-order chi connectivity index (χ0) is 13.3. The minimum atomic E-state index is -0.826. The molecule has 6 heteroatoms. The van der Waals surface area contributed by atoms with Gasteiger partial charge in [-0.3, -0.25) is 9.78 Å². The molecule has 0 amide bonds. The number of carbonyl (C=O) groups is 1. The predicted octanol–water partition coefficient (Wildman–Crippen LogP) is 2.32. The van der Waals surface area contributed by atoms with Crippen molar-refractivity contribution in [1.29, 1.82) is 0 Å². The first-order valence-corrected chi connectivity index (χ1v) is 6.36. The van der Waals surface area contributed by atoms with Gasteiger partial charge in [0.15, 0.2) is 5.58 Å². The molecular formula is C12H13NO4S. The zero-order valence-corrected chi connectivity index (χ0v) is 10.8.